The molecule has 2 aromatic heterocycles. The molecule has 0 saturated heterocycles. The van der Waals surface area contributed by atoms with Gasteiger partial charge in [0.2, 0.25) is 0 Å². The highest BCUT2D eigenvalue weighted by molar-refractivity contribution is 6.23. The Labute approximate surface area is 339 Å². The van der Waals surface area contributed by atoms with Gasteiger partial charge in [0, 0.05) is 27.5 Å². The Morgan fingerprint density at radius 3 is 1.68 bits per heavy atom. The number of fused-ring (bicyclic) bond motifs is 9. The van der Waals surface area contributed by atoms with Gasteiger partial charge in [0.05, 0.1) is 0 Å². The lowest BCUT2D eigenvalue weighted by atomic mass is 9.90. The first-order valence-corrected chi connectivity index (χ1v) is 19.9. The lowest BCUT2D eigenvalue weighted by Gasteiger charge is -2.14. The van der Waals surface area contributed by atoms with E-state index >= 15 is 0 Å². The van der Waals surface area contributed by atoms with Crippen LogP contribution in [-0.4, -0.2) is 15.0 Å². The van der Waals surface area contributed by atoms with Gasteiger partial charge in [-0.1, -0.05) is 176 Å². The summed E-state index contributed by atoms with van der Waals surface area (Å²) in [5.41, 5.74) is 9.20. The predicted octanol–water partition coefficient (Wildman–Crippen LogP) is 14.7. The molecule has 0 saturated carbocycles. The van der Waals surface area contributed by atoms with Crippen molar-refractivity contribution in [2.75, 3.05) is 0 Å². The van der Waals surface area contributed by atoms with Crippen LogP contribution in [0.3, 0.4) is 0 Å². The van der Waals surface area contributed by atoms with Crippen molar-refractivity contribution in [3.8, 4) is 56.4 Å². The zero-order chi connectivity index (χ0) is 38.9. The van der Waals surface area contributed by atoms with Crippen LogP contribution in [0.2, 0.25) is 0 Å². The van der Waals surface area contributed by atoms with E-state index in [1.54, 1.807) is 0 Å². The SMILES string of the molecule is c1ccc(-c2nc(-c3ccc(-c4cc5ccc6ccccc6c5c5ccccc45)cc3)nc(-c3ccc4c(-c5cccc6oc7ccccc7c56)cccc4c3)n2)cc1. The summed E-state index contributed by atoms with van der Waals surface area (Å²) in [7, 11) is 0. The third-order valence-electron chi connectivity index (χ3n) is 11.7. The van der Waals surface area contributed by atoms with Crippen molar-refractivity contribution in [1.29, 1.82) is 0 Å². The van der Waals surface area contributed by atoms with Gasteiger partial charge >= 0.3 is 0 Å². The molecule has 0 aliphatic heterocycles. The van der Waals surface area contributed by atoms with Crippen molar-refractivity contribution >= 4 is 65.0 Å². The number of benzene rings is 10. The Balaban J connectivity index is 0.969. The summed E-state index contributed by atoms with van der Waals surface area (Å²) in [5.74, 6) is 1.89. The summed E-state index contributed by atoms with van der Waals surface area (Å²) in [6.07, 6.45) is 0. The fourth-order valence-corrected chi connectivity index (χ4v) is 8.92. The minimum Gasteiger partial charge on any atom is -0.456 e. The lowest BCUT2D eigenvalue weighted by Crippen LogP contribution is -2.00. The molecule has 0 unspecified atom stereocenters. The van der Waals surface area contributed by atoms with Crippen LogP contribution in [-0.2, 0) is 0 Å². The van der Waals surface area contributed by atoms with Crippen LogP contribution >= 0.6 is 0 Å². The number of furan rings is 1. The van der Waals surface area contributed by atoms with Gasteiger partial charge in [-0.3, -0.25) is 0 Å². The Bertz CT molecular complexity index is 3610. The summed E-state index contributed by atoms with van der Waals surface area (Å²) < 4.78 is 6.25. The number of para-hydroxylation sites is 1. The molecule has 0 atom stereocenters. The van der Waals surface area contributed by atoms with Crippen LogP contribution in [0.5, 0.6) is 0 Å². The van der Waals surface area contributed by atoms with Gasteiger partial charge in [-0.05, 0) is 89.6 Å². The molecular weight excluding hydrogens is 719 g/mol. The maximum absolute atomic E-state index is 6.25. The van der Waals surface area contributed by atoms with E-state index in [1.807, 2.05) is 48.5 Å². The van der Waals surface area contributed by atoms with E-state index in [0.29, 0.717) is 17.5 Å². The number of rotatable bonds is 5. The van der Waals surface area contributed by atoms with Gasteiger partial charge in [-0.25, -0.2) is 15.0 Å². The molecule has 10 aromatic carbocycles. The van der Waals surface area contributed by atoms with Gasteiger partial charge in [0.15, 0.2) is 17.5 Å². The van der Waals surface area contributed by atoms with Crippen molar-refractivity contribution < 1.29 is 4.42 Å². The fraction of sp³-hybridized carbons (Fsp3) is 0. The monoisotopic (exact) mass is 751 g/mol. The minimum absolute atomic E-state index is 0.626. The molecule has 59 heavy (non-hydrogen) atoms. The van der Waals surface area contributed by atoms with Crippen LogP contribution in [0.25, 0.3) is 121 Å². The lowest BCUT2D eigenvalue weighted by molar-refractivity contribution is 0.669. The highest BCUT2D eigenvalue weighted by atomic mass is 16.3. The summed E-state index contributed by atoms with van der Waals surface area (Å²) in [5, 5.41) is 12.0. The summed E-state index contributed by atoms with van der Waals surface area (Å²) >= 11 is 0. The molecule has 12 rings (SSSR count). The average molecular weight is 752 g/mol. The van der Waals surface area contributed by atoms with Gasteiger partial charge in [0.25, 0.3) is 0 Å². The van der Waals surface area contributed by atoms with Crippen LogP contribution in [0.15, 0.2) is 205 Å². The van der Waals surface area contributed by atoms with E-state index in [2.05, 4.69) is 152 Å². The van der Waals surface area contributed by atoms with Gasteiger partial charge < -0.3 is 4.42 Å². The fourth-order valence-electron chi connectivity index (χ4n) is 8.92. The zero-order valence-electron chi connectivity index (χ0n) is 31.8. The van der Waals surface area contributed by atoms with Crippen LogP contribution in [0.4, 0.5) is 0 Å². The molecule has 0 radical (unpaired) electrons. The molecule has 4 nitrogen and oxygen atoms in total. The van der Waals surface area contributed by atoms with Crippen LogP contribution in [0.1, 0.15) is 0 Å². The van der Waals surface area contributed by atoms with E-state index in [0.717, 1.165) is 66.1 Å². The van der Waals surface area contributed by atoms with Gasteiger partial charge in [-0.2, -0.15) is 0 Å². The molecule has 0 aliphatic rings. The summed E-state index contributed by atoms with van der Waals surface area (Å²) in [6, 6.07) is 70.5. The first kappa shape index (κ1) is 33.2. The normalized spacial score (nSPS) is 11.7. The smallest absolute Gasteiger partial charge is 0.164 e. The van der Waals surface area contributed by atoms with E-state index in [1.165, 1.54) is 37.9 Å². The largest absolute Gasteiger partial charge is 0.456 e. The van der Waals surface area contributed by atoms with Crippen molar-refractivity contribution in [2.45, 2.75) is 0 Å². The minimum atomic E-state index is 0.626. The Morgan fingerprint density at radius 2 is 0.847 bits per heavy atom. The second kappa shape index (κ2) is 13.3. The molecular formula is C55H33N3O. The quantitative estimate of drug-likeness (QED) is 0.164. The molecule has 12 aromatic rings. The average Bonchev–Trinajstić information content (AvgIpc) is 3.70. The Kier molecular flexibility index (Phi) is 7.50. The van der Waals surface area contributed by atoms with E-state index in [4.69, 9.17) is 19.4 Å². The van der Waals surface area contributed by atoms with Crippen molar-refractivity contribution in [2.24, 2.45) is 0 Å². The molecule has 0 bridgehead atoms. The Morgan fingerprint density at radius 1 is 0.271 bits per heavy atom. The molecule has 0 fully saturated rings. The van der Waals surface area contributed by atoms with E-state index in [9.17, 15) is 0 Å². The first-order chi connectivity index (χ1) is 29.2. The molecule has 274 valence electrons. The maximum Gasteiger partial charge on any atom is 0.164 e. The molecule has 4 heteroatoms. The number of hydrogen-bond donors (Lipinski definition) is 0. The predicted molar refractivity (Wildman–Crippen MR) is 244 cm³/mol. The van der Waals surface area contributed by atoms with Crippen LogP contribution in [0, 0.1) is 0 Å². The third-order valence-corrected chi connectivity index (χ3v) is 11.7. The Hall–Kier alpha value is -7.95. The molecule has 0 aliphatic carbocycles. The second-order valence-electron chi connectivity index (χ2n) is 15.1. The van der Waals surface area contributed by atoms with Crippen molar-refractivity contribution in [3.05, 3.63) is 200 Å². The molecule has 2 heterocycles. The number of aromatic nitrogens is 3. The highest BCUT2D eigenvalue weighted by Crippen LogP contribution is 2.41. The van der Waals surface area contributed by atoms with E-state index < -0.39 is 0 Å². The van der Waals surface area contributed by atoms with Gasteiger partial charge in [0.1, 0.15) is 11.2 Å². The topological polar surface area (TPSA) is 51.8 Å². The summed E-state index contributed by atoms with van der Waals surface area (Å²) in [6.45, 7) is 0. The molecule has 0 amide bonds. The second-order valence-corrected chi connectivity index (χ2v) is 15.1. The summed E-state index contributed by atoms with van der Waals surface area (Å²) in [4.78, 5) is 15.3. The standard InChI is InChI=1S/C55H33N3O/c1-2-13-36(14-3-1)53-56-54(37-27-24-35(25-28-37)48-33-39-29-26-34-12-4-5-16-42(34)51(39)45-18-7-6-17-44(45)48)58-55(57-53)40-30-31-41-38(32-40)15-10-20-43(41)46-21-11-23-50-52(46)47-19-8-9-22-49(47)59-50/h1-33H. The maximum atomic E-state index is 6.25. The first-order valence-electron chi connectivity index (χ1n) is 19.9. The van der Waals surface area contributed by atoms with E-state index in [-0.39, 0.29) is 0 Å². The number of hydrogen-bond acceptors (Lipinski definition) is 4. The molecule has 0 spiro atoms. The van der Waals surface area contributed by atoms with Crippen molar-refractivity contribution in [3.63, 3.8) is 0 Å². The third kappa shape index (κ3) is 5.49. The number of nitrogens with zero attached hydrogens (tertiary/aromatic N) is 3. The van der Waals surface area contributed by atoms with Crippen LogP contribution < -0.4 is 0 Å². The zero-order valence-corrected chi connectivity index (χ0v) is 31.8. The highest BCUT2D eigenvalue weighted by Gasteiger charge is 2.17. The van der Waals surface area contributed by atoms with Crippen molar-refractivity contribution in [1.82, 2.24) is 15.0 Å². The molecule has 0 N–H and O–H groups in total. The van der Waals surface area contributed by atoms with Gasteiger partial charge in [-0.15, -0.1) is 0 Å².